The fourth-order valence-electron chi connectivity index (χ4n) is 3.88. The number of carbonyl (C=O) groups is 1. The number of nitrogens with zero attached hydrogens (tertiary/aromatic N) is 1. The third-order valence-electron chi connectivity index (χ3n) is 5.46. The maximum Gasteiger partial charge on any atom is 0.224 e. The molecule has 2 aromatic rings. The molecule has 1 saturated heterocycles. The minimum atomic E-state index is 0.00171. The number of hydrogen-bond acceptors (Lipinski definition) is 3. The Morgan fingerprint density at radius 2 is 2.04 bits per heavy atom. The predicted molar refractivity (Wildman–Crippen MR) is 97.0 cm³/mol. The van der Waals surface area contributed by atoms with Gasteiger partial charge in [0.15, 0.2) is 0 Å². The van der Waals surface area contributed by atoms with Crippen molar-refractivity contribution in [3.8, 4) is 0 Å². The molecule has 1 aromatic carbocycles. The third kappa shape index (κ3) is 4.13. The number of nitrogens with one attached hydrogen (secondary N) is 1. The van der Waals surface area contributed by atoms with Crippen molar-refractivity contribution in [2.45, 2.75) is 44.2 Å². The Labute approximate surface area is 149 Å². The van der Waals surface area contributed by atoms with Gasteiger partial charge < -0.3 is 9.73 Å². The van der Waals surface area contributed by atoms with E-state index in [1.807, 2.05) is 18.2 Å². The van der Waals surface area contributed by atoms with Crippen molar-refractivity contribution in [1.82, 2.24) is 10.2 Å². The van der Waals surface area contributed by atoms with Crippen LogP contribution in [0, 0.1) is 5.92 Å². The Hall–Kier alpha value is -2.07. The highest BCUT2D eigenvalue weighted by Crippen LogP contribution is 2.39. The molecule has 1 aliphatic heterocycles. The maximum absolute atomic E-state index is 12.8. The van der Waals surface area contributed by atoms with Crippen LogP contribution in [0.4, 0.5) is 0 Å². The van der Waals surface area contributed by atoms with Crippen LogP contribution >= 0.6 is 0 Å². The van der Waals surface area contributed by atoms with Gasteiger partial charge in [0, 0.05) is 12.1 Å². The lowest BCUT2D eigenvalue weighted by atomic mass is 9.95. The summed E-state index contributed by atoms with van der Waals surface area (Å²) in [5.41, 5.74) is 1.31. The summed E-state index contributed by atoms with van der Waals surface area (Å²) < 4.78 is 5.45. The van der Waals surface area contributed by atoms with Crippen LogP contribution in [-0.2, 0) is 17.8 Å². The zero-order valence-corrected chi connectivity index (χ0v) is 14.6. The van der Waals surface area contributed by atoms with E-state index in [9.17, 15) is 4.79 Å². The molecule has 1 amide bonds. The molecule has 1 aromatic heterocycles. The average Bonchev–Trinajstić information content (AvgIpc) is 3.17. The van der Waals surface area contributed by atoms with E-state index >= 15 is 0 Å². The summed E-state index contributed by atoms with van der Waals surface area (Å²) in [5, 5.41) is 3.38. The highest BCUT2D eigenvalue weighted by molar-refractivity contribution is 5.80. The van der Waals surface area contributed by atoms with Crippen molar-refractivity contribution in [3.63, 3.8) is 0 Å². The molecule has 0 bridgehead atoms. The highest BCUT2D eigenvalue weighted by atomic mass is 16.3. The third-order valence-corrected chi connectivity index (χ3v) is 5.46. The fraction of sp³-hybridized carbons (Fsp3) is 0.476. The largest absolute Gasteiger partial charge is 0.468 e. The lowest BCUT2D eigenvalue weighted by Crippen LogP contribution is -2.47. The second-order valence-electron chi connectivity index (χ2n) is 7.59. The van der Waals surface area contributed by atoms with E-state index in [4.69, 9.17) is 4.42 Å². The van der Waals surface area contributed by atoms with Crippen LogP contribution < -0.4 is 5.32 Å². The van der Waals surface area contributed by atoms with E-state index in [1.54, 1.807) is 6.26 Å². The van der Waals surface area contributed by atoms with Gasteiger partial charge in [-0.3, -0.25) is 9.69 Å². The number of benzene rings is 1. The van der Waals surface area contributed by atoms with Gasteiger partial charge >= 0.3 is 0 Å². The van der Waals surface area contributed by atoms with E-state index in [0.717, 1.165) is 57.5 Å². The number of likely N-dealkylation sites (tertiary alicyclic amines) is 1. The monoisotopic (exact) mass is 338 g/mol. The average molecular weight is 338 g/mol. The molecule has 1 atom stereocenters. The molecule has 1 saturated carbocycles. The SMILES string of the molecule is O=C(NC1(Cc2ccccc2)CC1)[C@@H]1CCCN(Cc2ccco2)C1. The standard InChI is InChI=1S/C21H26N2O2/c24-20(22-21(10-11-21)14-17-6-2-1-3-7-17)18-8-4-12-23(15-18)16-19-9-5-13-25-19/h1-3,5-7,9,13,18H,4,8,10-12,14-16H2,(H,22,24)/t18-/m1/s1. The number of piperidine rings is 1. The van der Waals surface area contributed by atoms with E-state index in [-0.39, 0.29) is 17.4 Å². The topological polar surface area (TPSA) is 45.5 Å². The molecule has 1 aliphatic carbocycles. The zero-order chi connectivity index (χ0) is 17.1. The van der Waals surface area contributed by atoms with Crippen molar-refractivity contribution in [2.24, 2.45) is 5.92 Å². The second-order valence-corrected chi connectivity index (χ2v) is 7.59. The van der Waals surface area contributed by atoms with Crippen LogP contribution in [0.5, 0.6) is 0 Å². The molecule has 4 nitrogen and oxygen atoms in total. The Balaban J connectivity index is 1.33. The van der Waals surface area contributed by atoms with Crippen molar-refractivity contribution in [2.75, 3.05) is 13.1 Å². The summed E-state index contributed by atoms with van der Waals surface area (Å²) in [5.74, 6) is 1.30. The molecule has 0 unspecified atom stereocenters. The number of furan rings is 1. The lowest BCUT2D eigenvalue weighted by Gasteiger charge is -2.32. The molecule has 0 spiro atoms. The van der Waals surface area contributed by atoms with Gasteiger partial charge in [-0.1, -0.05) is 30.3 Å². The minimum Gasteiger partial charge on any atom is -0.468 e. The van der Waals surface area contributed by atoms with Crippen LogP contribution in [0.25, 0.3) is 0 Å². The molecule has 4 rings (SSSR count). The first kappa shape index (κ1) is 16.4. The molecular weight excluding hydrogens is 312 g/mol. The first-order valence-corrected chi connectivity index (χ1v) is 9.33. The Bertz CT molecular complexity index is 692. The van der Waals surface area contributed by atoms with Crippen LogP contribution in [0.1, 0.15) is 37.0 Å². The molecule has 4 heteroatoms. The van der Waals surface area contributed by atoms with Gasteiger partial charge in [0.25, 0.3) is 0 Å². The first-order chi connectivity index (χ1) is 12.2. The van der Waals surface area contributed by atoms with E-state index < -0.39 is 0 Å². The summed E-state index contributed by atoms with van der Waals surface area (Å²) in [6.07, 6.45) is 6.91. The van der Waals surface area contributed by atoms with Gasteiger partial charge in [-0.25, -0.2) is 0 Å². The second kappa shape index (κ2) is 7.04. The molecule has 2 fully saturated rings. The van der Waals surface area contributed by atoms with Gasteiger partial charge in [-0.15, -0.1) is 0 Å². The van der Waals surface area contributed by atoms with Gasteiger partial charge in [0.2, 0.25) is 5.91 Å². The van der Waals surface area contributed by atoms with Crippen LogP contribution in [-0.4, -0.2) is 29.4 Å². The molecule has 2 aliphatic rings. The summed E-state index contributed by atoms with van der Waals surface area (Å²) in [4.78, 5) is 15.2. The van der Waals surface area contributed by atoms with Crippen molar-refractivity contribution >= 4 is 5.91 Å². The summed E-state index contributed by atoms with van der Waals surface area (Å²) in [6, 6.07) is 14.4. The van der Waals surface area contributed by atoms with Gasteiger partial charge in [-0.2, -0.15) is 0 Å². The van der Waals surface area contributed by atoms with Crippen molar-refractivity contribution < 1.29 is 9.21 Å². The fourth-order valence-corrected chi connectivity index (χ4v) is 3.88. The summed E-state index contributed by atoms with van der Waals surface area (Å²) >= 11 is 0. The number of rotatable bonds is 6. The summed E-state index contributed by atoms with van der Waals surface area (Å²) in [6.45, 7) is 2.67. The number of hydrogen-bond donors (Lipinski definition) is 1. The molecule has 25 heavy (non-hydrogen) atoms. The molecule has 132 valence electrons. The molecule has 2 heterocycles. The predicted octanol–water partition coefficient (Wildman–Crippen LogP) is 3.38. The number of amides is 1. The quantitative estimate of drug-likeness (QED) is 0.878. The Morgan fingerprint density at radius 1 is 1.20 bits per heavy atom. The number of carbonyl (C=O) groups excluding carboxylic acids is 1. The van der Waals surface area contributed by atoms with Crippen LogP contribution in [0.3, 0.4) is 0 Å². The maximum atomic E-state index is 12.8. The van der Waals surface area contributed by atoms with E-state index in [0.29, 0.717) is 0 Å². The van der Waals surface area contributed by atoms with E-state index in [1.165, 1.54) is 5.56 Å². The molecule has 0 radical (unpaired) electrons. The molecule has 1 N–H and O–H groups in total. The lowest BCUT2D eigenvalue weighted by molar-refractivity contribution is -0.127. The minimum absolute atomic E-state index is 0.00171. The Kier molecular flexibility index (Phi) is 4.62. The van der Waals surface area contributed by atoms with Gasteiger partial charge in [0.1, 0.15) is 5.76 Å². The first-order valence-electron chi connectivity index (χ1n) is 9.33. The normalized spacial score (nSPS) is 22.5. The Morgan fingerprint density at radius 3 is 2.76 bits per heavy atom. The van der Waals surface area contributed by atoms with Crippen molar-refractivity contribution in [1.29, 1.82) is 0 Å². The highest BCUT2D eigenvalue weighted by Gasteiger charge is 2.45. The van der Waals surface area contributed by atoms with Gasteiger partial charge in [-0.05, 0) is 56.3 Å². The zero-order valence-electron chi connectivity index (χ0n) is 14.6. The summed E-state index contributed by atoms with van der Waals surface area (Å²) in [7, 11) is 0. The van der Waals surface area contributed by atoms with Gasteiger partial charge in [0.05, 0.1) is 18.7 Å². The van der Waals surface area contributed by atoms with Crippen molar-refractivity contribution in [3.05, 3.63) is 60.1 Å². The van der Waals surface area contributed by atoms with Crippen LogP contribution in [0.2, 0.25) is 0 Å². The smallest absolute Gasteiger partial charge is 0.224 e. The molecular formula is C21H26N2O2. The van der Waals surface area contributed by atoms with E-state index in [2.05, 4.69) is 34.5 Å². The van der Waals surface area contributed by atoms with Crippen LogP contribution in [0.15, 0.2) is 53.1 Å².